The number of epoxide rings is 1. The van der Waals surface area contributed by atoms with Gasteiger partial charge in [-0.3, -0.25) is 0 Å². The normalized spacial score (nSPS) is 17.2. The van der Waals surface area contributed by atoms with Gasteiger partial charge in [-0.05, 0) is 6.42 Å². The fourth-order valence-corrected chi connectivity index (χ4v) is 1.77. The van der Waals surface area contributed by atoms with E-state index in [1.54, 1.807) is 0 Å². The molecule has 1 rings (SSSR count). The Morgan fingerprint density at radius 2 is 1.28 bits per heavy atom. The average Bonchev–Trinajstić information content (AvgIpc) is 3.21. The number of hydrogen-bond donors (Lipinski definition) is 2. The van der Waals surface area contributed by atoms with Crippen LogP contribution in [0.1, 0.15) is 71.1 Å². The number of rotatable bonds is 11. The molecule has 1 aliphatic heterocycles. The highest BCUT2D eigenvalue weighted by Gasteiger charge is 2.19. The van der Waals surface area contributed by atoms with Gasteiger partial charge in [0, 0.05) is 6.61 Å². The Balaban J connectivity index is 0.000000473. The van der Waals surface area contributed by atoms with Crippen molar-refractivity contribution in [1.82, 2.24) is 0 Å². The molecule has 1 heterocycles. The predicted molar refractivity (Wildman–Crippen MR) is 75.8 cm³/mol. The van der Waals surface area contributed by atoms with Crippen LogP contribution in [0.4, 0.5) is 0 Å². The Morgan fingerprint density at radius 3 is 1.56 bits per heavy atom. The molecule has 2 N–H and O–H groups in total. The predicted octanol–water partition coefficient (Wildman–Crippen LogP) is 3.28. The monoisotopic (exact) mass is 260 g/mol. The Kier molecular flexibility index (Phi) is 14.8. The van der Waals surface area contributed by atoms with E-state index >= 15 is 0 Å². The summed E-state index contributed by atoms with van der Waals surface area (Å²) >= 11 is 0. The van der Waals surface area contributed by atoms with Crippen LogP contribution >= 0.6 is 0 Å². The zero-order chi connectivity index (χ0) is 13.5. The van der Waals surface area contributed by atoms with Gasteiger partial charge in [0.2, 0.25) is 0 Å². The Labute approximate surface area is 113 Å². The lowest BCUT2D eigenvalue weighted by Gasteiger charge is -2.00. The summed E-state index contributed by atoms with van der Waals surface area (Å²) in [5.74, 6) is 0. The first kappa shape index (κ1) is 17.9. The van der Waals surface area contributed by atoms with Gasteiger partial charge in [0.25, 0.3) is 0 Å². The Bertz CT molecular complexity index is 137. The first-order valence-corrected chi connectivity index (χ1v) is 7.68. The smallest absolute Gasteiger partial charge is 0.104 e. The molecular formula is C15H32O3. The number of ether oxygens (including phenoxy) is 1. The third-order valence-corrected chi connectivity index (χ3v) is 3.12. The molecule has 0 aromatic rings. The molecule has 1 saturated heterocycles. The van der Waals surface area contributed by atoms with E-state index < -0.39 is 0 Å². The molecule has 3 heteroatoms. The van der Waals surface area contributed by atoms with Crippen LogP contribution in [0.25, 0.3) is 0 Å². The van der Waals surface area contributed by atoms with Crippen molar-refractivity contribution >= 4 is 0 Å². The maximum atomic E-state index is 8.57. The second-order valence-corrected chi connectivity index (χ2v) is 5.04. The minimum absolute atomic E-state index is 0.190. The van der Waals surface area contributed by atoms with Crippen LogP contribution in [0.5, 0.6) is 0 Å². The molecule has 0 spiro atoms. The summed E-state index contributed by atoms with van der Waals surface area (Å²) in [6.07, 6.45) is 13.5. The minimum atomic E-state index is 0.190. The summed E-state index contributed by atoms with van der Waals surface area (Å²) in [7, 11) is 0. The van der Waals surface area contributed by atoms with Crippen LogP contribution in [0.3, 0.4) is 0 Å². The molecule has 3 nitrogen and oxygen atoms in total. The van der Waals surface area contributed by atoms with Crippen LogP contribution in [-0.2, 0) is 4.74 Å². The van der Waals surface area contributed by atoms with Gasteiger partial charge in [0.05, 0.1) is 13.2 Å². The number of aliphatic hydroxyl groups is 2. The molecule has 18 heavy (non-hydrogen) atoms. The van der Waals surface area contributed by atoms with E-state index in [4.69, 9.17) is 10.2 Å². The highest BCUT2D eigenvalue weighted by molar-refractivity contribution is 4.65. The molecule has 0 aromatic carbocycles. The SMILES string of the molecule is CCCCCCCCCCCCO.OCC1CO1. The van der Waals surface area contributed by atoms with Crippen molar-refractivity contribution in [2.45, 2.75) is 77.2 Å². The molecule has 0 saturated carbocycles. The standard InChI is InChI=1S/C12H26O.C3H6O2/c1-2-3-4-5-6-7-8-9-10-11-12-13;4-1-3-2-5-3/h13H,2-12H2,1H3;3-4H,1-2H2. The van der Waals surface area contributed by atoms with E-state index in [0.29, 0.717) is 6.61 Å². The van der Waals surface area contributed by atoms with Gasteiger partial charge >= 0.3 is 0 Å². The summed E-state index contributed by atoms with van der Waals surface area (Å²) in [5.41, 5.74) is 0. The van der Waals surface area contributed by atoms with Gasteiger partial charge in [-0.25, -0.2) is 0 Å². The topological polar surface area (TPSA) is 53.0 Å². The average molecular weight is 260 g/mol. The van der Waals surface area contributed by atoms with Crippen molar-refractivity contribution in [2.24, 2.45) is 0 Å². The molecule has 1 atom stereocenters. The molecule has 110 valence electrons. The van der Waals surface area contributed by atoms with E-state index in [1.165, 1.54) is 57.8 Å². The summed E-state index contributed by atoms with van der Waals surface area (Å²) in [5, 5.41) is 16.6. The summed E-state index contributed by atoms with van der Waals surface area (Å²) in [6.45, 7) is 3.59. The van der Waals surface area contributed by atoms with Crippen molar-refractivity contribution < 1.29 is 14.9 Å². The van der Waals surface area contributed by atoms with Crippen molar-refractivity contribution in [1.29, 1.82) is 0 Å². The van der Waals surface area contributed by atoms with Gasteiger partial charge in [0.1, 0.15) is 6.10 Å². The maximum absolute atomic E-state index is 8.57. The van der Waals surface area contributed by atoms with Gasteiger partial charge in [-0.15, -0.1) is 0 Å². The first-order valence-electron chi connectivity index (χ1n) is 7.68. The Hall–Kier alpha value is -0.120. The highest BCUT2D eigenvalue weighted by Crippen LogP contribution is 2.10. The summed E-state index contributed by atoms with van der Waals surface area (Å²) in [6, 6.07) is 0. The van der Waals surface area contributed by atoms with E-state index in [0.717, 1.165) is 13.0 Å². The van der Waals surface area contributed by atoms with Gasteiger partial charge in [0.15, 0.2) is 0 Å². The highest BCUT2D eigenvalue weighted by atomic mass is 16.6. The van der Waals surface area contributed by atoms with E-state index in [9.17, 15) is 0 Å². The molecule has 0 amide bonds. The Morgan fingerprint density at radius 1 is 0.833 bits per heavy atom. The fraction of sp³-hybridized carbons (Fsp3) is 1.00. The summed E-state index contributed by atoms with van der Waals surface area (Å²) in [4.78, 5) is 0. The lowest BCUT2D eigenvalue weighted by Crippen LogP contribution is -1.88. The quantitative estimate of drug-likeness (QED) is 0.443. The molecule has 0 aliphatic carbocycles. The maximum Gasteiger partial charge on any atom is 0.104 e. The van der Waals surface area contributed by atoms with Gasteiger partial charge in [-0.1, -0.05) is 64.7 Å². The van der Waals surface area contributed by atoms with Crippen molar-refractivity contribution in [3.63, 3.8) is 0 Å². The van der Waals surface area contributed by atoms with Crippen LogP contribution in [-0.4, -0.2) is 36.1 Å². The van der Waals surface area contributed by atoms with Crippen LogP contribution in [0.2, 0.25) is 0 Å². The van der Waals surface area contributed by atoms with Gasteiger partial charge in [-0.2, -0.15) is 0 Å². The molecule has 1 unspecified atom stereocenters. The number of aliphatic hydroxyl groups excluding tert-OH is 2. The van der Waals surface area contributed by atoms with E-state index in [2.05, 4.69) is 11.7 Å². The van der Waals surface area contributed by atoms with Crippen molar-refractivity contribution in [3.05, 3.63) is 0 Å². The van der Waals surface area contributed by atoms with Gasteiger partial charge < -0.3 is 14.9 Å². The second-order valence-electron chi connectivity index (χ2n) is 5.04. The second kappa shape index (κ2) is 14.9. The zero-order valence-electron chi connectivity index (χ0n) is 12.1. The third kappa shape index (κ3) is 15.9. The molecule has 0 aromatic heterocycles. The van der Waals surface area contributed by atoms with Crippen LogP contribution < -0.4 is 0 Å². The third-order valence-electron chi connectivity index (χ3n) is 3.12. The van der Waals surface area contributed by atoms with E-state index in [-0.39, 0.29) is 12.7 Å². The molecule has 1 fully saturated rings. The zero-order valence-corrected chi connectivity index (χ0v) is 12.1. The van der Waals surface area contributed by atoms with Crippen LogP contribution in [0.15, 0.2) is 0 Å². The molecule has 1 aliphatic rings. The minimum Gasteiger partial charge on any atom is -0.396 e. The number of unbranched alkanes of at least 4 members (excludes halogenated alkanes) is 9. The molecule has 0 radical (unpaired) electrons. The van der Waals surface area contributed by atoms with Crippen LogP contribution in [0, 0.1) is 0 Å². The largest absolute Gasteiger partial charge is 0.396 e. The lowest BCUT2D eigenvalue weighted by atomic mass is 10.1. The number of hydrogen-bond acceptors (Lipinski definition) is 3. The van der Waals surface area contributed by atoms with Crippen molar-refractivity contribution in [2.75, 3.05) is 19.8 Å². The van der Waals surface area contributed by atoms with E-state index in [1.807, 2.05) is 0 Å². The first-order chi connectivity index (χ1) is 8.85. The summed E-state index contributed by atoms with van der Waals surface area (Å²) < 4.78 is 4.61. The lowest BCUT2D eigenvalue weighted by molar-refractivity contribution is 0.244. The molecular weight excluding hydrogens is 228 g/mol. The fourth-order valence-electron chi connectivity index (χ4n) is 1.77. The van der Waals surface area contributed by atoms with Crippen molar-refractivity contribution in [3.8, 4) is 0 Å². The molecule has 0 bridgehead atoms.